The van der Waals surface area contributed by atoms with Crippen molar-refractivity contribution >= 4 is 28.3 Å². The molecule has 1 aromatic heterocycles. The number of halogens is 5. The Morgan fingerprint density at radius 1 is 1.05 bits per heavy atom. The van der Waals surface area contributed by atoms with Gasteiger partial charge in [-0.3, -0.25) is 9.69 Å². The second-order valence-electron chi connectivity index (χ2n) is 9.52. The summed E-state index contributed by atoms with van der Waals surface area (Å²) in [5.41, 5.74) is -1.66. The lowest BCUT2D eigenvalue weighted by atomic mass is 9.73. The third kappa shape index (κ3) is 5.79. The number of hydrogen-bond donors (Lipinski definition) is 1. The number of aromatic nitrogens is 2. The highest BCUT2D eigenvalue weighted by atomic mass is 35.5. The fourth-order valence-corrected chi connectivity index (χ4v) is 6.61. The number of carbonyl (C=O) groups excluding carboxylic acids is 1. The first-order valence-corrected chi connectivity index (χ1v) is 13.2. The zero-order chi connectivity index (χ0) is 26.3. The van der Waals surface area contributed by atoms with Crippen LogP contribution in [0.2, 0.25) is 0 Å². The number of nitrogens with zero attached hydrogens (tertiary/aromatic N) is 4. The van der Waals surface area contributed by atoms with Gasteiger partial charge in [0.05, 0.1) is 6.33 Å². The van der Waals surface area contributed by atoms with Crippen molar-refractivity contribution in [3.8, 4) is 0 Å². The first-order chi connectivity index (χ1) is 16.9. The molecule has 0 spiro atoms. The normalized spacial score (nSPS) is 21.1. The van der Waals surface area contributed by atoms with Gasteiger partial charge in [0.2, 0.25) is 5.92 Å². The van der Waals surface area contributed by atoms with E-state index in [1.54, 1.807) is 14.0 Å². The maximum atomic E-state index is 14.2. The van der Waals surface area contributed by atoms with Crippen molar-refractivity contribution in [3.63, 3.8) is 0 Å². The van der Waals surface area contributed by atoms with Gasteiger partial charge in [-0.25, -0.2) is 31.0 Å². The van der Waals surface area contributed by atoms with Crippen LogP contribution in [0.4, 0.5) is 17.6 Å². The number of piperazine rings is 1. The van der Waals surface area contributed by atoms with E-state index < -0.39 is 63.5 Å². The smallest absolute Gasteiger partial charge is 0.262 e. The van der Waals surface area contributed by atoms with Crippen molar-refractivity contribution in [2.24, 2.45) is 7.05 Å². The van der Waals surface area contributed by atoms with E-state index in [-0.39, 0.29) is 56.5 Å². The predicted octanol–water partition coefficient (Wildman–Crippen LogP) is 3.19. The Kier molecular flexibility index (Phi) is 8.62. The van der Waals surface area contributed by atoms with Crippen molar-refractivity contribution < 1.29 is 30.8 Å². The van der Waals surface area contributed by atoms with Crippen molar-refractivity contribution in [2.75, 3.05) is 26.2 Å². The summed E-state index contributed by atoms with van der Waals surface area (Å²) in [6.45, 7) is 2.34. The van der Waals surface area contributed by atoms with Gasteiger partial charge in [0.1, 0.15) is 17.2 Å². The molecule has 37 heavy (non-hydrogen) atoms. The monoisotopic (exact) mass is 567 g/mol. The molecule has 4 rings (SSSR count). The topological polar surface area (TPSA) is 87.5 Å². The third-order valence-electron chi connectivity index (χ3n) is 7.34. The first-order valence-electron chi connectivity index (χ1n) is 11.7. The Labute approximate surface area is 219 Å². The highest BCUT2D eigenvalue weighted by molar-refractivity contribution is 7.89. The average Bonchev–Trinajstić information content (AvgIpc) is 3.26. The molecule has 1 aromatic carbocycles. The number of alkyl halides is 2. The number of sulfonamides is 1. The highest BCUT2D eigenvalue weighted by Gasteiger charge is 2.51. The van der Waals surface area contributed by atoms with Crippen LogP contribution in [-0.2, 0) is 17.1 Å². The minimum Gasteiger partial charge on any atom is -0.348 e. The maximum Gasteiger partial charge on any atom is 0.262 e. The van der Waals surface area contributed by atoms with E-state index in [4.69, 9.17) is 0 Å². The lowest BCUT2D eigenvalue weighted by molar-refractivity contribution is -0.0948. The molecule has 1 unspecified atom stereocenters. The molecule has 206 valence electrons. The number of rotatable bonds is 6. The van der Waals surface area contributed by atoms with Crippen LogP contribution in [0.1, 0.15) is 43.0 Å². The Balaban J connectivity index is 0.00000380. The summed E-state index contributed by atoms with van der Waals surface area (Å²) in [5, 5.41) is 2.56. The van der Waals surface area contributed by atoms with E-state index in [1.807, 2.05) is 4.90 Å². The Hall–Kier alpha value is -2.22. The summed E-state index contributed by atoms with van der Waals surface area (Å²) < 4.78 is 85.3. The molecular formula is C23H30ClF4N5O3S. The van der Waals surface area contributed by atoms with Gasteiger partial charge in [0.25, 0.3) is 15.9 Å². The number of nitrogens with one attached hydrogen (secondary N) is 1. The summed E-state index contributed by atoms with van der Waals surface area (Å²) >= 11 is 0. The molecular weight excluding hydrogens is 538 g/mol. The molecule has 14 heteroatoms. The van der Waals surface area contributed by atoms with Crippen LogP contribution in [-0.4, -0.2) is 76.8 Å². The summed E-state index contributed by atoms with van der Waals surface area (Å²) in [4.78, 5) is 18.6. The number of hydrogen-bond acceptors (Lipinski definition) is 5. The molecule has 8 nitrogen and oxygen atoms in total. The minimum absolute atomic E-state index is 0. The van der Waals surface area contributed by atoms with Gasteiger partial charge in [0.15, 0.2) is 5.03 Å². The fourth-order valence-electron chi connectivity index (χ4n) is 5.22. The Bertz CT molecular complexity index is 1200. The minimum atomic E-state index is -3.82. The van der Waals surface area contributed by atoms with Gasteiger partial charge >= 0.3 is 0 Å². The number of benzene rings is 1. The average molecular weight is 568 g/mol. The quantitative estimate of drug-likeness (QED) is 0.542. The fraction of sp³-hybridized carbons (Fsp3) is 0.565. The number of carbonyl (C=O) groups is 1. The van der Waals surface area contributed by atoms with E-state index in [0.717, 1.165) is 18.2 Å². The van der Waals surface area contributed by atoms with Crippen LogP contribution in [0.5, 0.6) is 0 Å². The third-order valence-corrected chi connectivity index (χ3v) is 9.13. The molecule has 0 radical (unpaired) electrons. The van der Waals surface area contributed by atoms with Crippen LogP contribution >= 0.6 is 12.4 Å². The zero-order valence-electron chi connectivity index (χ0n) is 20.5. The van der Waals surface area contributed by atoms with Crippen molar-refractivity contribution in [2.45, 2.75) is 55.1 Å². The maximum absolute atomic E-state index is 14.2. The second kappa shape index (κ2) is 10.9. The Morgan fingerprint density at radius 3 is 2.14 bits per heavy atom. The molecule has 1 aliphatic carbocycles. The molecule has 2 heterocycles. The molecule has 1 N–H and O–H groups in total. The van der Waals surface area contributed by atoms with Gasteiger partial charge in [-0.1, -0.05) is 6.07 Å². The van der Waals surface area contributed by atoms with Crippen LogP contribution in [0.25, 0.3) is 0 Å². The summed E-state index contributed by atoms with van der Waals surface area (Å²) in [7, 11) is -2.15. The van der Waals surface area contributed by atoms with Crippen molar-refractivity contribution in [1.82, 2.24) is 24.1 Å². The first kappa shape index (κ1) is 29.3. The molecule has 2 aliphatic rings. The molecule has 1 aliphatic heterocycles. The molecule has 0 bridgehead atoms. The molecule has 2 fully saturated rings. The van der Waals surface area contributed by atoms with Gasteiger partial charge in [-0.15, -0.1) is 12.4 Å². The molecule has 1 saturated heterocycles. The Morgan fingerprint density at radius 2 is 1.62 bits per heavy atom. The van der Waals surface area contributed by atoms with E-state index in [9.17, 15) is 30.8 Å². The van der Waals surface area contributed by atoms with E-state index >= 15 is 0 Å². The SMILES string of the molecule is CC(NC(=O)c1c(F)cccc1F)C1(N2CCN(S(=O)(=O)c3cn(C)cn3)CC2)CCC(F)(F)CC1.Cl. The van der Waals surface area contributed by atoms with Crippen molar-refractivity contribution in [1.29, 1.82) is 0 Å². The van der Waals surface area contributed by atoms with Gasteiger partial charge < -0.3 is 9.88 Å². The molecule has 1 amide bonds. The summed E-state index contributed by atoms with van der Waals surface area (Å²) in [6.07, 6.45) is 2.05. The van der Waals surface area contributed by atoms with E-state index in [2.05, 4.69) is 10.3 Å². The number of imidazole rings is 1. The lowest BCUT2D eigenvalue weighted by Crippen LogP contribution is -2.67. The van der Waals surface area contributed by atoms with Crippen LogP contribution in [0.15, 0.2) is 35.7 Å². The zero-order valence-corrected chi connectivity index (χ0v) is 22.1. The second-order valence-corrected chi connectivity index (χ2v) is 11.4. The van der Waals surface area contributed by atoms with Crippen LogP contribution in [0.3, 0.4) is 0 Å². The predicted molar refractivity (Wildman–Crippen MR) is 130 cm³/mol. The van der Waals surface area contributed by atoms with Gasteiger partial charge in [-0.2, -0.15) is 4.31 Å². The summed E-state index contributed by atoms with van der Waals surface area (Å²) in [6, 6.07) is 2.36. The van der Waals surface area contributed by atoms with Crippen LogP contribution < -0.4 is 5.32 Å². The molecule has 1 atom stereocenters. The van der Waals surface area contributed by atoms with Crippen LogP contribution in [0, 0.1) is 11.6 Å². The lowest BCUT2D eigenvalue weighted by Gasteiger charge is -2.53. The van der Waals surface area contributed by atoms with E-state index in [1.165, 1.54) is 21.4 Å². The van der Waals surface area contributed by atoms with Gasteiger partial charge in [-0.05, 0) is 31.9 Å². The number of amides is 1. The summed E-state index contributed by atoms with van der Waals surface area (Å²) in [5.74, 6) is -5.85. The molecule has 2 aromatic rings. The standard InChI is InChI=1S/C23H29F4N5O3S.ClH/c1-16(29-21(33)20-17(24)4-3-5-18(20)25)22(6-8-23(26,27)9-7-22)31-10-12-32(13-11-31)36(34,35)19-14-30(2)15-28-19;/h3-5,14-16H,6-13H2,1-2H3,(H,29,33);1H. The highest BCUT2D eigenvalue weighted by Crippen LogP contribution is 2.44. The number of aryl methyl sites for hydroxylation is 1. The van der Waals surface area contributed by atoms with Gasteiger partial charge in [0, 0.05) is 63.8 Å². The van der Waals surface area contributed by atoms with E-state index in [0.29, 0.717) is 0 Å². The molecule has 1 saturated carbocycles. The van der Waals surface area contributed by atoms with Crippen molar-refractivity contribution in [3.05, 3.63) is 47.9 Å². The largest absolute Gasteiger partial charge is 0.348 e.